The van der Waals surface area contributed by atoms with Crippen molar-refractivity contribution < 1.29 is 9.59 Å². The molecule has 110 valence electrons. The minimum Gasteiger partial charge on any atom is -0.360 e. The molecule has 1 amide bonds. The second kappa shape index (κ2) is 4.56. The highest BCUT2D eigenvalue weighted by Gasteiger charge is 2.36. The molecule has 0 fully saturated rings. The summed E-state index contributed by atoms with van der Waals surface area (Å²) in [6, 6.07) is 7.61. The number of nitrogens with one attached hydrogen (secondary N) is 3. The molecule has 0 radical (unpaired) electrons. The van der Waals surface area contributed by atoms with E-state index in [0.717, 1.165) is 22.5 Å². The van der Waals surface area contributed by atoms with Gasteiger partial charge in [0.15, 0.2) is 0 Å². The van der Waals surface area contributed by atoms with Crippen LogP contribution in [-0.4, -0.2) is 16.7 Å². The predicted molar refractivity (Wildman–Crippen MR) is 82.7 cm³/mol. The summed E-state index contributed by atoms with van der Waals surface area (Å²) in [4.78, 5) is 27.7. The Bertz CT molecular complexity index is 788. The Morgan fingerprint density at radius 2 is 1.95 bits per heavy atom. The molecule has 6 nitrogen and oxygen atoms in total. The first-order chi connectivity index (χ1) is 10.6. The third-order valence-corrected chi connectivity index (χ3v) is 4.04. The van der Waals surface area contributed by atoms with E-state index in [1.54, 1.807) is 12.4 Å². The molecule has 1 aromatic heterocycles. The smallest absolute Gasteiger partial charge is 0.239 e. The first kappa shape index (κ1) is 12.8. The largest absolute Gasteiger partial charge is 0.360 e. The van der Waals surface area contributed by atoms with Crippen molar-refractivity contribution in [1.82, 2.24) is 4.98 Å². The van der Waals surface area contributed by atoms with Crippen LogP contribution in [0.5, 0.6) is 0 Å². The summed E-state index contributed by atoms with van der Waals surface area (Å²) in [5, 5.41) is 9.48. The number of nitrogens with zero attached hydrogens (tertiary/aromatic N) is 1. The van der Waals surface area contributed by atoms with Gasteiger partial charge in [0.05, 0.1) is 11.4 Å². The topological polar surface area (TPSA) is 83.1 Å². The average molecular weight is 294 g/mol. The SMILES string of the molecule is CC(=O)C1C(=O)Nc2cc3c(cc21)NC(c1cccnc1)N3. The van der Waals surface area contributed by atoms with Gasteiger partial charge in [0.25, 0.3) is 0 Å². The highest BCUT2D eigenvalue weighted by Crippen LogP contribution is 2.43. The van der Waals surface area contributed by atoms with Crippen molar-refractivity contribution in [2.75, 3.05) is 16.0 Å². The number of anilines is 3. The molecule has 4 rings (SSSR count). The number of hydrogen-bond acceptors (Lipinski definition) is 5. The van der Waals surface area contributed by atoms with Crippen LogP contribution in [0, 0.1) is 0 Å². The Labute approximate surface area is 126 Å². The molecule has 6 heteroatoms. The van der Waals surface area contributed by atoms with Gasteiger partial charge < -0.3 is 16.0 Å². The van der Waals surface area contributed by atoms with Crippen molar-refractivity contribution in [2.45, 2.75) is 19.0 Å². The van der Waals surface area contributed by atoms with Gasteiger partial charge in [0.2, 0.25) is 5.91 Å². The van der Waals surface area contributed by atoms with Gasteiger partial charge in [-0.2, -0.15) is 0 Å². The molecule has 0 bridgehead atoms. The number of pyridine rings is 1. The van der Waals surface area contributed by atoms with Gasteiger partial charge in [-0.1, -0.05) is 6.07 Å². The quantitative estimate of drug-likeness (QED) is 0.740. The number of benzene rings is 1. The van der Waals surface area contributed by atoms with E-state index in [2.05, 4.69) is 20.9 Å². The maximum absolute atomic E-state index is 11.9. The minimum absolute atomic E-state index is 0.0716. The lowest BCUT2D eigenvalue weighted by Crippen LogP contribution is -2.18. The van der Waals surface area contributed by atoms with E-state index >= 15 is 0 Å². The standard InChI is InChI=1S/C16H14N4O2/c1-8(21)14-10-5-12-13(6-11(10)20-16(14)22)19-15(18-12)9-3-2-4-17-7-9/h2-7,14-15,18-19H,1H3,(H,20,22). The summed E-state index contributed by atoms with van der Waals surface area (Å²) in [6.07, 6.45) is 3.45. The highest BCUT2D eigenvalue weighted by atomic mass is 16.2. The van der Waals surface area contributed by atoms with E-state index in [1.807, 2.05) is 24.3 Å². The lowest BCUT2D eigenvalue weighted by atomic mass is 9.96. The number of fused-ring (bicyclic) bond motifs is 2. The Hall–Kier alpha value is -2.89. The molecule has 0 aliphatic carbocycles. The number of aromatic nitrogens is 1. The fraction of sp³-hybridized carbons (Fsp3) is 0.188. The summed E-state index contributed by atoms with van der Waals surface area (Å²) >= 11 is 0. The van der Waals surface area contributed by atoms with Crippen molar-refractivity contribution in [3.05, 3.63) is 47.8 Å². The van der Waals surface area contributed by atoms with Crippen LogP contribution in [0.2, 0.25) is 0 Å². The molecule has 0 saturated heterocycles. The molecule has 2 unspecified atom stereocenters. The molecule has 1 aromatic carbocycles. The maximum Gasteiger partial charge on any atom is 0.239 e. The van der Waals surface area contributed by atoms with Crippen molar-refractivity contribution in [3.63, 3.8) is 0 Å². The fourth-order valence-corrected chi connectivity index (χ4v) is 3.01. The molecule has 2 aromatic rings. The summed E-state index contributed by atoms with van der Waals surface area (Å²) in [6.45, 7) is 1.44. The van der Waals surface area contributed by atoms with E-state index in [9.17, 15) is 9.59 Å². The van der Waals surface area contributed by atoms with Crippen LogP contribution >= 0.6 is 0 Å². The molecule has 0 saturated carbocycles. The minimum atomic E-state index is -0.709. The van der Waals surface area contributed by atoms with Gasteiger partial charge in [-0.25, -0.2) is 0 Å². The summed E-state index contributed by atoms with van der Waals surface area (Å²) in [5.41, 5.74) is 4.24. The van der Waals surface area contributed by atoms with Crippen LogP contribution in [0.1, 0.15) is 30.1 Å². The first-order valence-corrected chi connectivity index (χ1v) is 7.06. The zero-order chi connectivity index (χ0) is 15.3. The van der Waals surface area contributed by atoms with E-state index in [4.69, 9.17) is 0 Å². The Balaban J connectivity index is 1.70. The van der Waals surface area contributed by atoms with Crippen molar-refractivity contribution in [3.8, 4) is 0 Å². The summed E-state index contributed by atoms with van der Waals surface area (Å²) in [7, 11) is 0. The Kier molecular flexibility index (Phi) is 2.66. The number of carbonyl (C=O) groups is 2. The molecule has 2 atom stereocenters. The van der Waals surface area contributed by atoms with Crippen LogP contribution in [0.4, 0.5) is 17.1 Å². The van der Waals surface area contributed by atoms with Crippen LogP contribution < -0.4 is 16.0 Å². The molecule has 0 spiro atoms. The van der Waals surface area contributed by atoms with Gasteiger partial charge in [0, 0.05) is 23.6 Å². The molecule has 22 heavy (non-hydrogen) atoms. The summed E-state index contributed by atoms with van der Waals surface area (Å²) in [5.74, 6) is -1.11. The zero-order valence-corrected chi connectivity index (χ0v) is 11.9. The van der Waals surface area contributed by atoms with Gasteiger partial charge in [-0.05, 0) is 30.7 Å². The van der Waals surface area contributed by atoms with Gasteiger partial charge >= 0.3 is 0 Å². The van der Waals surface area contributed by atoms with Crippen molar-refractivity contribution in [2.24, 2.45) is 0 Å². The number of Topliss-reactive ketones (excluding diaryl/α,β-unsaturated/α-hetero) is 1. The van der Waals surface area contributed by atoms with Gasteiger partial charge in [-0.15, -0.1) is 0 Å². The third-order valence-electron chi connectivity index (χ3n) is 4.04. The maximum atomic E-state index is 11.9. The molecular formula is C16H14N4O2. The number of amides is 1. The summed E-state index contributed by atoms with van der Waals surface area (Å²) < 4.78 is 0. The van der Waals surface area contributed by atoms with Crippen LogP contribution in [-0.2, 0) is 9.59 Å². The lowest BCUT2D eigenvalue weighted by Gasteiger charge is -2.11. The zero-order valence-electron chi connectivity index (χ0n) is 11.9. The second-order valence-corrected chi connectivity index (χ2v) is 5.53. The number of rotatable bonds is 2. The molecule has 2 aliphatic heterocycles. The molecular weight excluding hydrogens is 280 g/mol. The first-order valence-electron chi connectivity index (χ1n) is 7.06. The van der Waals surface area contributed by atoms with Gasteiger partial charge in [0.1, 0.15) is 17.9 Å². The monoisotopic (exact) mass is 294 g/mol. The molecule has 3 N–H and O–H groups in total. The Morgan fingerprint density at radius 1 is 1.18 bits per heavy atom. The van der Waals surface area contributed by atoms with E-state index < -0.39 is 5.92 Å². The lowest BCUT2D eigenvalue weighted by molar-refractivity contribution is -0.125. The highest BCUT2D eigenvalue weighted by molar-refractivity contribution is 6.17. The Morgan fingerprint density at radius 3 is 2.64 bits per heavy atom. The predicted octanol–water partition coefficient (Wildman–Crippen LogP) is 2.24. The van der Waals surface area contributed by atoms with Crippen LogP contribution in [0.3, 0.4) is 0 Å². The third kappa shape index (κ3) is 1.84. The van der Waals surface area contributed by atoms with Gasteiger partial charge in [-0.3, -0.25) is 14.6 Å². The van der Waals surface area contributed by atoms with E-state index in [0.29, 0.717) is 5.69 Å². The van der Waals surface area contributed by atoms with Crippen molar-refractivity contribution >= 4 is 28.8 Å². The van der Waals surface area contributed by atoms with E-state index in [-0.39, 0.29) is 17.9 Å². The van der Waals surface area contributed by atoms with Crippen molar-refractivity contribution in [1.29, 1.82) is 0 Å². The second-order valence-electron chi connectivity index (χ2n) is 5.53. The fourth-order valence-electron chi connectivity index (χ4n) is 3.01. The number of hydrogen-bond donors (Lipinski definition) is 3. The van der Waals surface area contributed by atoms with Crippen LogP contribution in [0.15, 0.2) is 36.7 Å². The normalized spacial score (nSPS) is 21.4. The molecule has 3 heterocycles. The number of ketones is 1. The van der Waals surface area contributed by atoms with Crippen LogP contribution in [0.25, 0.3) is 0 Å². The number of carbonyl (C=O) groups excluding carboxylic acids is 2. The van der Waals surface area contributed by atoms with E-state index in [1.165, 1.54) is 6.92 Å². The molecule has 2 aliphatic rings. The average Bonchev–Trinajstić information content (AvgIpc) is 3.04.